The Hall–Kier alpha value is -2.04. The van der Waals surface area contributed by atoms with E-state index in [0.717, 1.165) is 18.4 Å². The van der Waals surface area contributed by atoms with Gasteiger partial charge in [-0.1, -0.05) is 74.3 Å². The monoisotopic (exact) mass is 404 g/mol. The lowest BCUT2D eigenvalue weighted by atomic mass is 9.85. The van der Waals surface area contributed by atoms with Crippen molar-refractivity contribution in [2.24, 2.45) is 0 Å². The van der Waals surface area contributed by atoms with Crippen LogP contribution in [0.5, 0.6) is 0 Å². The molecule has 2 N–H and O–H groups in total. The normalized spacial score (nSPS) is 15.1. The molecule has 27 heavy (non-hydrogen) atoms. The molecule has 0 atom stereocenters. The molecular weight excluding hydrogens is 383 g/mol. The highest BCUT2D eigenvalue weighted by atomic mass is 35.5. The van der Waals surface area contributed by atoms with Crippen molar-refractivity contribution in [3.63, 3.8) is 0 Å². The SMILES string of the molecule is CC(C)(C)c1ccc(C2(C(=O)NNC(=O)c3c(Cl)cccc3Cl)CC2)cc1. The fraction of sp³-hybridized carbons (Fsp3) is 0.333. The van der Waals surface area contributed by atoms with Gasteiger partial charge in [0.2, 0.25) is 5.91 Å². The van der Waals surface area contributed by atoms with Crippen LogP contribution in [0.1, 0.15) is 55.1 Å². The van der Waals surface area contributed by atoms with Gasteiger partial charge in [-0.25, -0.2) is 0 Å². The van der Waals surface area contributed by atoms with E-state index in [9.17, 15) is 9.59 Å². The van der Waals surface area contributed by atoms with E-state index in [2.05, 4.69) is 43.8 Å². The maximum Gasteiger partial charge on any atom is 0.272 e. The molecule has 0 spiro atoms. The van der Waals surface area contributed by atoms with Crippen molar-refractivity contribution >= 4 is 35.0 Å². The van der Waals surface area contributed by atoms with Gasteiger partial charge in [0.05, 0.1) is 21.0 Å². The van der Waals surface area contributed by atoms with Crippen LogP contribution in [0, 0.1) is 0 Å². The molecule has 0 heterocycles. The highest BCUT2D eigenvalue weighted by Crippen LogP contribution is 2.48. The average Bonchev–Trinajstić information content (AvgIpc) is 3.41. The molecule has 1 aliphatic rings. The Bertz CT molecular complexity index is 862. The maximum absolute atomic E-state index is 12.7. The predicted molar refractivity (Wildman–Crippen MR) is 108 cm³/mol. The molecule has 0 aliphatic heterocycles. The maximum atomic E-state index is 12.7. The smallest absolute Gasteiger partial charge is 0.272 e. The molecule has 2 amide bonds. The zero-order valence-corrected chi connectivity index (χ0v) is 17.0. The third-order valence-corrected chi connectivity index (χ3v) is 5.60. The third-order valence-electron chi connectivity index (χ3n) is 4.97. The number of hydrogen-bond acceptors (Lipinski definition) is 2. The summed E-state index contributed by atoms with van der Waals surface area (Å²) in [5, 5.41) is 0.460. The highest BCUT2D eigenvalue weighted by molar-refractivity contribution is 6.39. The lowest BCUT2D eigenvalue weighted by molar-refractivity contribution is -0.124. The molecule has 0 unspecified atom stereocenters. The number of benzene rings is 2. The fourth-order valence-corrected chi connectivity index (χ4v) is 3.64. The topological polar surface area (TPSA) is 58.2 Å². The van der Waals surface area contributed by atoms with Crippen molar-refractivity contribution in [2.75, 3.05) is 0 Å². The molecule has 0 bridgehead atoms. The Morgan fingerprint density at radius 1 is 0.926 bits per heavy atom. The number of carbonyl (C=O) groups is 2. The zero-order valence-electron chi connectivity index (χ0n) is 15.5. The summed E-state index contributed by atoms with van der Waals surface area (Å²) < 4.78 is 0. The van der Waals surface area contributed by atoms with Gasteiger partial charge < -0.3 is 0 Å². The summed E-state index contributed by atoms with van der Waals surface area (Å²) in [6.45, 7) is 6.45. The van der Waals surface area contributed by atoms with Gasteiger partial charge in [0, 0.05) is 0 Å². The second-order valence-corrected chi connectivity index (χ2v) is 8.73. The van der Waals surface area contributed by atoms with Crippen molar-refractivity contribution in [3.8, 4) is 0 Å². The van der Waals surface area contributed by atoms with Crippen LogP contribution in [0.4, 0.5) is 0 Å². The van der Waals surface area contributed by atoms with Crippen LogP contribution >= 0.6 is 23.2 Å². The van der Waals surface area contributed by atoms with Crippen LogP contribution in [0.15, 0.2) is 42.5 Å². The molecule has 0 radical (unpaired) electrons. The second kappa shape index (κ2) is 7.17. The molecule has 3 rings (SSSR count). The summed E-state index contributed by atoms with van der Waals surface area (Å²) in [5.41, 5.74) is 6.72. The number of hydrogen-bond donors (Lipinski definition) is 2. The Morgan fingerprint density at radius 3 is 1.96 bits per heavy atom. The number of nitrogens with one attached hydrogen (secondary N) is 2. The Kier molecular flexibility index (Phi) is 5.24. The summed E-state index contributed by atoms with van der Waals surface area (Å²) >= 11 is 12.1. The van der Waals surface area contributed by atoms with Crippen LogP contribution < -0.4 is 10.9 Å². The summed E-state index contributed by atoms with van der Waals surface area (Å²) in [5.74, 6) is -0.777. The van der Waals surface area contributed by atoms with Gasteiger partial charge in [0.1, 0.15) is 0 Å². The minimum Gasteiger partial charge on any atom is -0.272 e. The zero-order chi connectivity index (χ0) is 19.8. The van der Waals surface area contributed by atoms with Gasteiger partial charge in [-0.15, -0.1) is 0 Å². The molecule has 1 saturated carbocycles. The van der Waals surface area contributed by atoms with E-state index >= 15 is 0 Å². The molecule has 0 saturated heterocycles. The standard InChI is InChI=1S/C21H22Cl2N2O2/c1-20(2,3)13-7-9-14(10-8-13)21(11-12-21)19(27)25-24-18(26)17-15(22)5-4-6-16(17)23/h4-10H,11-12H2,1-3H3,(H,24,26)(H,25,27). The molecule has 2 aromatic rings. The summed E-state index contributed by atoms with van der Waals surface area (Å²) in [6, 6.07) is 12.9. The summed E-state index contributed by atoms with van der Waals surface area (Å²) in [6.07, 6.45) is 1.49. The van der Waals surface area contributed by atoms with Crippen molar-refractivity contribution in [1.82, 2.24) is 10.9 Å². The van der Waals surface area contributed by atoms with Crippen molar-refractivity contribution in [3.05, 3.63) is 69.2 Å². The molecule has 6 heteroatoms. The van der Waals surface area contributed by atoms with Crippen LogP contribution in [0.25, 0.3) is 0 Å². The first kappa shape index (κ1) is 19.7. The lowest BCUT2D eigenvalue weighted by Crippen LogP contribution is -2.46. The Morgan fingerprint density at radius 2 is 1.48 bits per heavy atom. The van der Waals surface area contributed by atoms with Gasteiger partial charge in [0.15, 0.2) is 0 Å². The van der Waals surface area contributed by atoms with Crippen molar-refractivity contribution < 1.29 is 9.59 Å². The molecule has 142 valence electrons. The van der Waals surface area contributed by atoms with Gasteiger partial charge >= 0.3 is 0 Å². The Balaban J connectivity index is 1.70. The third kappa shape index (κ3) is 3.97. The van der Waals surface area contributed by atoms with E-state index in [1.54, 1.807) is 18.2 Å². The minimum absolute atomic E-state index is 0.0553. The first-order valence-corrected chi connectivity index (χ1v) is 9.56. The minimum atomic E-state index is -0.589. The van der Waals surface area contributed by atoms with E-state index in [-0.39, 0.29) is 26.9 Å². The van der Waals surface area contributed by atoms with Crippen LogP contribution in [0.3, 0.4) is 0 Å². The number of carbonyl (C=O) groups excluding carboxylic acids is 2. The van der Waals surface area contributed by atoms with Gasteiger partial charge in [-0.2, -0.15) is 0 Å². The first-order valence-electron chi connectivity index (χ1n) is 8.81. The van der Waals surface area contributed by atoms with E-state index in [4.69, 9.17) is 23.2 Å². The average molecular weight is 405 g/mol. The van der Waals surface area contributed by atoms with E-state index < -0.39 is 11.3 Å². The fourth-order valence-electron chi connectivity index (χ4n) is 3.07. The first-order chi connectivity index (χ1) is 12.6. The van der Waals surface area contributed by atoms with Crippen LogP contribution in [-0.2, 0) is 15.6 Å². The summed E-state index contributed by atoms with van der Waals surface area (Å²) in [7, 11) is 0. The van der Waals surface area contributed by atoms with Crippen molar-refractivity contribution in [2.45, 2.75) is 44.4 Å². The quantitative estimate of drug-likeness (QED) is 0.722. The number of hydrazine groups is 1. The summed E-state index contributed by atoms with van der Waals surface area (Å²) in [4.78, 5) is 25.1. The van der Waals surface area contributed by atoms with Gasteiger partial charge in [0.25, 0.3) is 5.91 Å². The molecule has 4 nitrogen and oxygen atoms in total. The molecule has 1 aliphatic carbocycles. The van der Waals surface area contributed by atoms with E-state index in [1.807, 2.05) is 12.1 Å². The highest BCUT2D eigenvalue weighted by Gasteiger charge is 2.51. The molecule has 2 aromatic carbocycles. The van der Waals surface area contributed by atoms with Gasteiger partial charge in [-0.05, 0) is 41.5 Å². The largest absolute Gasteiger partial charge is 0.272 e. The molecule has 0 aromatic heterocycles. The van der Waals surface area contributed by atoms with E-state index in [1.165, 1.54) is 5.56 Å². The van der Waals surface area contributed by atoms with Crippen LogP contribution in [0.2, 0.25) is 10.0 Å². The van der Waals surface area contributed by atoms with E-state index in [0.29, 0.717) is 0 Å². The number of halogens is 2. The number of rotatable bonds is 3. The molecule has 1 fully saturated rings. The van der Waals surface area contributed by atoms with Crippen molar-refractivity contribution in [1.29, 1.82) is 0 Å². The Labute approximate surface area is 169 Å². The molecular formula is C21H22Cl2N2O2. The van der Waals surface area contributed by atoms with Gasteiger partial charge in [-0.3, -0.25) is 20.4 Å². The number of amides is 2. The van der Waals surface area contributed by atoms with Crippen LogP contribution in [-0.4, -0.2) is 11.8 Å². The lowest BCUT2D eigenvalue weighted by Gasteiger charge is -2.21. The predicted octanol–water partition coefficient (Wildman–Crippen LogP) is 4.78. The second-order valence-electron chi connectivity index (χ2n) is 7.91.